The lowest BCUT2D eigenvalue weighted by molar-refractivity contribution is -0.184. The maximum Gasteiger partial charge on any atom is 0.336 e. The quantitative estimate of drug-likeness (QED) is 0.363. The average Bonchev–Trinajstić information content (AvgIpc) is 3.38. The Labute approximate surface area is 273 Å². The van der Waals surface area contributed by atoms with Crippen LogP contribution in [0.1, 0.15) is 108 Å². The second-order valence-electron chi connectivity index (χ2n) is 16.8. The van der Waals surface area contributed by atoms with Crippen LogP contribution in [0.3, 0.4) is 0 Å². The van der Waals surface area contributed by atoms with E-state index >= 15 is 0 Å². The molecule has 1 aromatic carbocycles. The molecule has 7 nitrogen and oxygen atoms in total. The van der Waals surface area contributed by atoms with Crippen LogP contribution in [0.15, 0.2) is 21.3 Å². The summed E-state index contributed by atoms with van der Waals surface area (Å²) in [6.07, 6.45) is 15.1. The third-order valence-electron chi connectivity index (χ3n) is 14.6. The van der Waals surface area contributed by atoms with Crippen LogP contribution in [0, 0.1) is 34.0 Å². The van der Waals surface area contributed by atoms with Gasteiger partial charge in [0.2, 0.25) is 5.91 Å². The van der Waals surface area contributed by atoms with Gasteiger partial charge >= 0.3 is 5.63 Å². The molecule has 4 saturated carbocycles. The largest absolute Gasteiger partial charge is 0.422 e. The molecule has 250 valence electrons. The Bertz CT molecular complexity index is 1580. The number of aliphatic hydroxyl groups excluding tert-OH is 1. The Morgan fingerprint density at radius 2 is 1.74 bits per heavy atom. The first kappa shape index (κ1) is 30.9. The minimum absolute atomic E-state index is 0.0730. The molecule has 6 aliphatic rings. The smallest absolute Gasteiger partial charge is 0.336 e. The van der Waals surface area contributed by atoms with Crippen molar-refractivity contribution in [1.82, 2.24) is 5.32 Å². The lowest BCUT2D eigenvalue weighted by atomic mass is 9.40. The van der Waals surface area contributed by atoms with Crippen LogP contribution in [0.4, 0.5) is 5.69 Å². The van der Waals surface area contributed by atoms with E-state index in [-0.39, 0.29) is 35.8 Å². The van der Waals surface area contributed by atoms with Crippen LogP contribution in [0.5, 0.6) is 0 Å². The molecule has 0 radical (unpaired) electrons. The van der Waals surface area contributed by atoms with E-state index < -0.39 is 0 Å². The van der Waals surface area contributed by atoms with E-state index in [2.05, 4.69) is 37.1 Å². The summed E-state index contributed by atoms with van der Waals surface area (Å²) in [4.78, 5) is 28.2. The zero-order valence-electron chi connectivity index (χ0n) is 28.3. The monoisotopic (exact) mass is 630 g/mol. The predicted octanol–water partition coefficient (Wildman–Crippen LogP) is 6.33. The highest BCUT2D eigenvalue weighted by Crippen LogP contribution is 2.71. The molecule has 2 N–H and O–H groups in total. The van der Waals surface area contributed by atoms with Crippen LogP contribution in [0.2, 0.25) is 0 Å². The number of nitrogens with one attached hydrogen (secondary N) is 1. The molecule has 3 heterocycles. The topological polar surface area (TPSA) is 92.0 Å². The highest BCUT2D eigenvalue weighted by molar-refractivity contribution is 5.90. The first-order chi connectivity index (χ1) is 22.1. The number of amides is 1. The summed E-state index contributed by atoms with van der Waals surface area (Å²) in [6, 6.07) is 3.86. The van der Waals surface area contributed by atoms with Gasteiger partial charge in [-0.15, -0.1) is 0 Å². The van der Waals surface area contributed by atoms with Crippen LogP contribution in [-0.4, -0.2) is 49.5 Å². The van der Waals surface area contributed by atoms with Crippen molar-refractivity contribution < 1.29 is 19.1 Å². The molecule has 46 heavy (non-hydrogen) atoms. The van der Waals surface area contributed by atoms with Gasteiger partial charge in [-0.3, -0.25) is 4.79 Å². The van der Waals surface area contributed by atoms with E-state index in [0.29, 0.717) is 41.5 Å². The minimum atomic E-state index is -0.308. The molecule has 0 spiro atoms. The molecule has 0 unspecified atom stereocenters. The van der Waals surface area contributed by atoms with E-state index in [9.17, 15) is 14.7 Å². The lowest BCUT2D eigenvalue weighted by Crippen LogP contribution is -2.59. The normalized spacial score (nSPS) is 38.1. The van der Waals surface area contributed by atoms with Gasteiger partial charge in [0.25, 0.3) is 0 Å². The molecule has 8 atom stereocenters. The van der Waals surface area contributed by atoms with Gasteiger partial charge in [0.15, 0.2) is 0 Å². The van der Waals surface area contributed by atoms with Gasteiger partial charge in [-0.1, -0.05) is 20.8 Å². The number of benzene rings is 1. The van der Waals surface area contributed by atoms with E-state index in [0.717, 1.165) is 81.0 Å². The van der Waals surface area contributed by atoms with Crippen molar-refractivity contribution in [2.24, 2.45) is 34.0 Å². The highest BCUT2D eigenvalue weighted by atomic mass is 16.5. The third-order valence-corrected chi connectivity index (χ3v) is 14.6. The second-order valence-corrected chi connectivity index (χ2v) is 16.8. The number of hydrogen-bond donors (Lipinski definition) is 2. The van der Waals surface area contributed by atoms with Crippen LogP contribution >= 0.6 is 0 Å². The number of aliphatic hydroxyl groups is 1. The number of carbonyl (C=O) groups is 1. The Morgan fingerprint density at radius 3 is 2.59 bits per heavy atom. The Kier molecular flexibility index (Phi) is 7.64. The Hall–Kier alpha value is -2.38. The zero-order valence-corrected chi connectivity index (χ0v) is 28.3. The number of anilines is 1. The number of rotatable bonds is 6. The molecule has 4 aliphatic carbocycles. The maximum absolute atomic E-state index is 13.1. The molecule has 1 amide bonds. The van der Waals surface area contributed by atoms with Crippen LogP contribution in [0.25, 0.3) is 11.0 Å². The number of hydrogen-bond acceptors (Lipinski definition) is 6. The molecular weight excluding hydrogens is 576 g/mol. The fourth-order valence-corrected chi connectivity index (χ4v) is 12.4. The van der Waals surface area contributed by atoms with Crippen molar-refractivity contribution in [1.29, 1.82) is 0 Å². The maximum atomic E-state index is 13.1. The molecular formula is C39H54N2O5. The summed E-state index contributed by atoms with van der Waals surface area (Å²) in [6.45, 7) is 10.3. The molecule has 8 rings (SSSR count). The third kappa shape index (κ3) is 4.80. The van der Waals surface area contributed by atoms with Crippen molar-refractivity contribution in [3.8, 4) is 0 Å². The summed E-state index contributed by atoms with van der Waals surface area (Å²) < 4.78 is 12.3. The summed E-state index contributed by atoms with van der Waals surface area (Å²) in [7, 11) is 0. The number of carbonyl (C=O) groups excluding carboxylic acids is 1. The zero-order chi connectivity index (χ0) is 31.8. The Balaban J connectivity index is 0.908. The summed E-state index contributed by atoms with van der Waals surface area (Å²) >= 11 is 0. The van der Waals surface area contributed by atoms with Crippen LogP contribution < -0.4 is 15.8 Å². The van der Waals surface area contributed by atoms with Gasteiger partial charge in [-0.2, -0.15) is 0 Å². The fourth-order valence-electron chi connectivity index (χ4n) is 12.4. The van der Waals surface area contributed by atoms with Gasteiger partial charge in [0.1, 0.15) is 12.2 Å². The van der Waals surface area contributed by atoms with E-state index in [4.69, 9.17) is 9.15 Å². The van der Waals surface area contributed by atoms with E-state index in [1.165, 1.54) is 48.9 Å². The Morgan fingerprint density at radius 1 is 0.978 bits per heavy atom. The number of fused-ring (bicyclic) bond motifs is 7. The lowest BCUT2D eigenvalue weighted by Gasteiger charge is -2.65. The standard InChI is InChI=1S/C39H54N2O5/c1-37-15-11-27(42)22-26(37)10-14-38(2)30-8-9-32(39(30,3)16-12-31(37)38)45-23-33(43)40-17-13-24-21-34(44)46-36-28-7-5-19-41-18-4-6-25(35(28)41)20-29(24)36/h20-21,26-27,30-32,42H,4-19,22-23H2,1-3H3,(H,40,43)/t26-,27+,30-,31+,32-,37-,38-,39-/m0/s1. The van der Waals surface area contributed by atoms with Crippen molar-refractivity contribution in [2.75, 3.05) is 31.1 Å². The molecule has 0 bridgehead atoms. The first-order valence-electron chi connectivity index (χ1n) is 18.5. The second kappa shape index (κ2) is 11.4. The number of aryl methyl sites for hydroxylation is 2. The summed E-state index contributed by atoms with van der Waals surface area (Å²) in [5.74, 6) is 1.92. The van der Waals surface area contributed by atoms with Crippen molar-refractivity contribution in [3.63, 3.8) is 0 Å². The first-order valence-corrected chi connectivity index (χ1v) is 18.5. The van der Waals surface area contributed by atoms with Crippen LogP contribution in [-0.2, 0) is 28.8 Å². The minimum Gasteiger partial charge on any atom is -0.422 e. The van der Waals surface area contributed by atoms with Gasteiger partial charge in [0, 0.05) is 42.3 Å². The summed E-state index contributed by atoms with van der Waals surface area (Å²) in [5.41, 5.74) is 6.02. The number of ether oxygens (including phenoxy) is 1. The van der Waals surface area contributed by atoms with E-state index in [1.807, 2.05) is 0 Å². The van der Waals surface area contributed by atoms with Gasteiger partial charge in [-0.25, -0.2) is 4.79 Å². The molecule has 0 saturated heterocycles. The summed E-state index contributed by atoms with van der Waals surface area (Å²) in [5, 5.41) is 14.6. The number of nitrogens with zero attached hydrogens (tertiary/aromatic N) is 1. The molecule has 7 heteroatoms. The molecule has 2 aliphatic heterocycles. The highest BCUT2D eigenvalue weighted by Gasteiger charge is 2.65. The molecule has 1 aromatic heterocycles. The van der Waals surface area contributed by atoms with Gasteiger partial charge in [0.05, 0.1) is 12.2 Å². The molecule has 2 aromatic rings. The van der Waals surface area contributed by atoms with E-state index in [1.54, 1.807) is 6.07 Å². The van der Waals surface area contributed by atoms with Crippen molar-refractivity contribution in [3.05, 3.63) is 39.2 Å². The van der Waals surface area contributed by atoms with Gasteiger partial charge < -0.3 is 24.5 Å². The average molecular weight is 631 g/mol. The molecule has 4 fully saturated rings. The predicted molar refractivity (Wildman–Crippen MR) is 180 cm³/mol. The van der Waals surface area contributed by atoms with Crippen molar-refractivity contribution >= 4 is 22.6 Å². The van der Waals surface area contributed by atoms with Crippen molar-refractivity contribution in [2.45, 2.75) is 123 Å². The van der Waals surface area contributed by atoms with Gasteiger partial charge in [-0.05, 0) is 141 Å². The SMILES string of the molecule is C[C@@]12CC[C@H]3C[C@H](O)CC[C@]3(C)[C@H]1CC[C@@]1(C)[C@H]2CC[C@@H]1OCC(=O)NCCc1cc(=O)oc2c3c4c(cc12)CCCN4CCC3. The fraction of sp³-hybridized carbons (Fsp3) is 0.744.